The molecule has 0 saturated heterocycles. The number of furan rings is 1. The van der Waals surface area contributed by atoms with E-state index in [4.69, 9.17) is 4.42 Å². The zero-order valence-corrected chi connectivity index (χ0v) is 10.7. The molecule has 2 nitrogen and oxygen atoms in total. The molecule has 1 N–H and O–H groups in total. The Morgan fingerprint density at radius 2 is 1.88 bits per heavy atom. The fraction of sp³-hybridized carbons (Fsp3) is 0.333. The summed E-state index contributed by atoms with van der Waals surface area (Å²) >= 11 is 0. The largest absolute Gasteiger partial charge is 0.467 e. The highest BCUT2D eigenvalue weighted by molar-refractivity contribution is 5.35. The van der Waals surface area contributed by atoms with Crippen LogP contribution in [0.2, 0.25) is 0 Å². The van der Waals surface area contributed by atoms with E-state index in [9.17, 15) is 0 Å². The SMILES string of the molecule is CCNC(c1ccccc1C)c1occc1C. The third-order valence-electron chi connectivity index (χ3n) is 3.07. The molecule has 0 saturated carbocycles. The van der Waals surface area contributed by atoms with Gasteiger partial charge in [0.05, 0.1) is 12.3 Å². The van der Waals surface area contributed by atoms with Crippen molar-refractivity contribution in [2.75, 3.05) is 6.54 Å². The van der Waals surface area contributed by atoms with Crippen molar-refractivity contribution in [1.29, 1.82) is 0 Å². The van der Waals surface area contributed by atoms with Gasteiger partial charge in [-0.15, -0.1) is 0 Å². The Morgan fingerprint density at radius 3 is 2.47 bits per heavy atom. The molecule has 1 heterocycles. The summed E-state index contributed by atoms with van der Waals surface area (Å²) in [6.45, 7) is 7.25. The number of hydrogen-bond donors (Lipinski definition) is 1. The normalized spacial score (nSPS) is 12.6. The average Bonchev–Trinajstić information content (AvgIpc) is 2.74. The number of nitrogens with one attached hydrogen (secondary N) is 1. The summed E-state index contributed by atoms with van der Waals surface area (Å²) in [7, 11) is 0. The fourth-order valence-electron chi connectivity index (χ4n) is 2.14. The van der Waals surface area contributed by atoms with Gasteiger partial charge in [0.25, 0.3) is 0 Å². The highest BCUT2D eigenvalue weighted by Gasteiger charge is 2.19. The maximum Gasteiger partial charge on any atom is 0.128 e. The van der Waals surface area contributed by atoms with Crippen LogP contribution in [-0.2, 0) is 0 Å². The van der Waals surface area contributed by atoms with E-state index in [2.05, 4.69) is 50.4 Å². The lowest BCUT2D eigenvalue weighted by Crippen LogP contribution is -2.22. The van der Waals surface area contributed by atoms with Crippen molar-refractivity contribution in [2.45, 2.75) is 26.8 Å². The highest BCUT2D eigenvalue weighted by Crippen LogP contribution is 2.27. The van der Waals surface area contributed by atoms with E-state index in [1.165, 1.54) is 16.7 Å². The van der Waals surface area contributed by atoms with Crippen molar-refractivity contribution in [1.82, 2.24) is 5.32 Å². The van der Waals surface area contributed by atoms with Crippen LogP contribution in [-0.4, -0.2) is 6.54 Å². The second-order valence-electron chi connectivity index (χ2n) is 4.32. The van der Waals surface area contributed by atoms with Gasteiger partial charge < -0.3 is 9.73 Å². The van der Waals surface area contributed by atoms with Crippen molar-refractivity contribution in [2.24, 2.45) is 0 Å². The topological polar surface area (TPSA) is 25.2 Å². The molecule has 0 bridgehead atoms. The van der Waals surface area contributed by atoms with Gasteiger partial charge in [-0.2, -0.15) is 0 Å². The number of rotatable bonds is 4. The molecule has 17 heavy (non-hydrogen) atoms. The van der Waals surface area contributed by atoms with Crippen molar-refractivity contribution in [3.8, 4) is 0 Å². The van der Waals surface area contributed by atoms with Gasteiger partial charge in [-0.1, -0.05) is 31.2 Å². The van der Waals surface area contributed by atoms with Crippen LogP contribution < -0.4 is 5.32 Å². The third kappa shape index (κ3) is 2.42. The molecule has 0 aliphatic heterocycles. The zero-order chi connectivity index (χ0) is 12.3. The lowest BCUT2D eigenvalue weighted by Gasteiger charge is -2.19. The smallest absolute Gasteiger partial charge is 0.128 e. The highest BCUT2D eigenvalue weighted by atomic mass is 16.3. The summed E-state index contributed by atoms with van der Waals surface area (Å²) in [4.78, 5) is 0. The first kappa shape index (κ1) is 11.9. The number of benzene rings is 1. The monoisotopic (exact) mass is 229 g/mol. The van der Waals surface area contributed by atoms with Crippen LogP contribution in [0.3, 0.4) is 0 Å². The molecule has 90 valence electrons. The van der Waals surface area contributed by atoms with Crippen molar-refractivity contribution in [3.63, 3.8) is 0 Å². The molecule has 1 unspecified atom stereocenters. The molecule has 0 spiro atoms. The number of hydrogen-bond acceptors (Lipinski definition) is 2. The van der Waals surface area contributed by atoms with E-state index in [1.807, 2.05) is 6.07 Å². The summed E-state index contributed by atoms with van der Waals surface area (Å²) in [5, 5.41) is 3.49. The first-order valence-corrected chi connectivity index (χ1v) is 6.07. The molecule has 0 fully saturated rings. The minimum atomic E-state index is 0.149. The van der Waals surface area contributed by atoms with Crippen LogP contribution in [0.1, 0.15) is 35.4 Å². The van der Waals surface area contributed by atoms with Crippen molar-refractivity contribution >= 4 is 0 Å². The van der Waals surface area contributed by atoms with Crippen molar-refractivity contribution in [3.05, 3.63) is 59.0 Å². The molecule has 0 radical (unpaired) electrons. The predicted octanol–water partition coefficient (Wildman–Crippen LogP) is 3.60. The first-order valence-electron chi connectivity index (χ1n) is 6.07. The lowest BCUT2D eigenvalue weighted by atomic mass is 9.97. The standard InChI is InChI=1S/C15H19NO/c1-4-16-14(15-12(3)9-10-17-15)13-8-6-5-7-11(13)2/h5-10,14,16H,4H2,1-3H3. The van der Waals surface area contributed by atoms with Gasteiger partial charge in [0.2, 0.25) is 0 Å². The van der Waals surface area contributed by atoms with Gasteiger partial charge >= 0.3 is 0 Å². The Kier molecular flexibility index (Phi) is 3.64. The minimum Gasteiger partial charge on any atom is -0.467 e. The van der Waals surface area contributed by atoms with E-state index in [0.29, 0.717) is 0 Å². The maximum atomic E-state index is 5.63. The Balaban J connectivity index is 2.43. The minimum absolute atomic E-state index is 0.149. The maximum absolute atomic E-state index is 5.63. The van der Waals surface area contributed by atoms with E-state index in [1.54, 1.807) is 6.26 Å². The third-order valence-corrected chi connectivity index (χ3v) is 3.07. The molecule has 2 rings (SSSR count). The summed E-state index contributed by atoms with van der Waals surface area (Å²) in [6.07, 6.45) is 1.76. The van der Waals surface area contributed by atoms with E-state index in [-0.39, 0.29) is 6.04 Å². The van der Waals surface area contributed by atoms with E-state index >= 15 is 0 Å². The lowest BCUT2D eigenvalue weighted by molar-refractivity contribution is 0.448. The van der Waals surface area contributed by atoms with Gasteiger partial charge in [-0.05, 0) is 43.1 Å². The van der Waals surface area contributed by atoms with Gasteiger partial charge in [0, 0.05) is 0 Å². The fourth-order valence-corrected chi connectivity index (χ4v) is 2.14. The summed E-state index contributed by atoms with van der Waals surface area (Å²) in [6, 6.07) is 10.6. The van der Waals surface area contributed by atoms with Crippen molar-refractivity contribution < 1.29 is 4.42 Å². The summed E-state index contributed by atoms with van der Waals surface area (Å²) < 4.78 is 5.63. The van der Waals surface area contributed by atoms with Crippen LogP contribution in [0.25, 0.3) is 0 Å². The molecule has 2 aromatic rings. The Morgan fingerprint density at radius 1 is 1.12 bits per heavy atom. The molecule has 1 aromatic heterocycles. The van der Waals surface area contributed by atoms with E-state index < -0.39 is 0 Å². The van der Waals surface area contributed by atoms with E-state index in [0.717, 1.165) is 12.3 Å². The quantitative estimate of drug-likeness (QED) is 0.866. The summed E-state index contributed by atoms with van der Waals surface area (Å²) in [5.74, 6) is 1.01. The second kappa shape index (κ2) is 5.19. The molecule has 0 amide bonds. The van der Waals surface area contributed by atoms with Gasteiger partial charge in [-0.25, -0.2) is 0 Å². The van der Waals surface area contributed by atoms with Crippen LogP contribution in [0.5, 0.6) is 0 Å². The van der Waals surface area contributed by atoms with Crippen LogP contribution in [0.15, 0.2) is 41.0 Å². The molecule has 1 atom stereocenters. The zero-order valence-electron chi connectivity index (χ0n) is 10.7. The van der Waals surface area contributed by atoms with Gasteiger partial charge in [0.1, 0.15) is 5.76 Å². The van der Waals surface area contributed by atoms with Gasteiger partial charge in [-0.3, -0.25) is 0 Å². The molecular weight excluding hydrogens is 210 g/mol. The molecule has 1 aromatic carbocycles. The Labute approximate surface area is 103 Å². The average molecular weight is 229 g/mol. The Bertz CT molecular complexity index is 487. The molecule has 0 aliphatic rings. The van der Waals surface area contributed by atoms with Crippen LogP contribution >= 0.6 is 0 Å². The predicted molar refractivity (Wildman–Crippen MR) is 70.1 cm³/mol. The number of aryl methyl sites for hydroxylation is 2. The molecule has 2 heteroatoms. The van der Waals surface area contributed by atoms with Gasteiger partial charge in [0.15, 0.2) is 0 Å². The second-order valence-corrected chi connectivity index (χ2v) is 4.32. The first-order chi connectivity index (χ1) is 8.24. The molecular formula is C15H19NO. The summed E-state index contributed by atoms with van der Waals surface area (Å²) in [5.41, 5.74) is 3.76. The van der Waals surface area contributed by atoms with Crippen LogP contribution in [0, 0.1) is 13.8 Å². The van der Waals surface area contributed by atoms with Crippen LogP contribution in [0.4, 0.5) is 0 Å². The molecule has 0 aliphatic carbocycles. The Hall–Kier alpha value is -1.54.